The fourth-order valence-corrected chi connectivity index (χ4v) is 5.48. The van der Waals surface area contributed by atoms with Gasteiger partial charge in [0.1, 0.15) is 15.9 Å². The fourth-order valence-electron chi connectivity index (χ4n) is 2.84. The van der Waals surface area contributed by atoms with Crippen LogP contribution in [0.2, 0.25) is 0 Å². The molecule has 2 heterocycles. The van der Waals surface area contributed by atoms with Gasteiger partial charge in [-0.15, -0.1) is 11.3 Å². The molecule has 2 aromatic heterocycles. The summed E-state index contributed by atoms with van der Waals surface area (Å²) in [5.41, 5.74) is 0. The zero-order valence-electron chi connectivity index (χ0n) is 14.4. The van der Waals surface area contributed by atoms with Gasteiger partial charge in [-0.3, -0.25) is 0 Å². The third-order valence-corrected chi connectivity index (χ3v) is 6.74. The van der Waals surface area contributed by atoms with E-state index in [1.807, 2.05) is 0 Å². The minimum Gasteiger partial charge on any atom is -0.465 e. The van der Waals surface area contributed by atoms with Crippen molar-refractivity contribution in [3.8, 4) is 6.01 Å². The average Bonchev–Trinajstić information content (AvgIpc) is 3.15. The van der Waals surface area contributed by atoms with Crippen LogP contribution < -0.4 is 9.46 Å². The van der Waals surface area contributed by atoms with E-state index >= 15 is 0 Å². The van der Waals surface area contributed by atoms with E-state index in [0.717, 1.165) is 23.7 Å². The first-order valence-electron chi connectivity index (χ1n) is 8.21. The van der Waals surface area contributed by atoms with E-state index in [4.69, 9.17) is 4.74 Å². The first-order valence-corrected chi connectivity index (χ1v) is 10.6. The lowest BCUT2D eigenvalue weighted by Crippen LogP contribution is -2.40. The summed E-state index contributed by atoms with van der Waals surface area (Å²) >= 11 is 1.02. The fraction of sp³-hybridized carbons (Fsp3) is 0.438. The van der Waals surface area contributed by atoms with Gasteiger partial charge in [-0.25, -0.2) is 32.3 Å². The molecule has 1 saturated carbocycles. The number of hydrogen-bond donors (Lipinski definition) is 1. The number of halogens is 1. The Bertz CT molecular complexity index is 893. The minimum atomic E-state index is -3.83. The van der Waals surface area contributed by atoms with E-state index < -0.39 is 21.8 Å². The van der Waals surface area contributed by atoms with Crippen LogP contribution in [0.3, 0.4) is 0 Å². The van der Waals surface area contributed by atoms with Crippen LogP contribution in [0.15, 0.2) is 28.7 Å². The minimum absolute atomic E-state index is 0.0514. The second kappa shape index (κ2) is 8.28. The van der Waals surface area contributed by atoms with Crippen molar-refractivity contribution < 1.29 is 27.1 Å². The normalized spacial score (nSPS) is 20.2. The molecule has 1 N–H and O–H groups in total. The molecule has 146 valence electrons. The third kappa shape index (κ3) is 4.79. The molecule has 3 rings (SSSR count). The summed E-state index contributed by atoms with van der Waals surface area (Å²) in [4.78, 5) is 19.2. The number of esters is 1. The van der Waals surface area contributed by atoms with Gasteiger partial charge in [0.2, 0.25) is 10.0 Å². The van der Waals surface area contributed by atoms with E-state index in [0.29, 0.717) is 25.7 Å². The van der Waals surface area contributed by atoms with Crippen LogP contribution in [0.25, 0.3) is 0 Å². The number of carbonyl (C=O) groups is 1. The maximum atomic E-state index is 12.8. The molecule has 0 radical (unpaired) electrons. The summed E-state index contributed by atoms with van der Waals surface area (Å²) in [5, 5.41) is 1.54. The molecule has 0 amide bonds. The molecule has 0 unspecified atom stereocenters. The molecule has 0 bridgehead atoms. The van der Waals surface area contributed by atoms with Crippen molar-refractivity contribution in [2.45, 2.75) is 42.7 Å². The lowest BCUT2D eigenvalue weighted by molar-refractivity contribution is 0.0602. The molecule has 0 atom stereocenters. The zero-order valence-corrected chi connectivity index (χ0v) is 16.1. The highest BCUT2D eigenvalue weighted by Gasteiger charge is 2.30. The van der Waals surface area contributed by atoms with E-state index in [-0.39, 0.29) is 27.9 Å². The number of thiophene rings is 1. The van der Waals surface area contributed by atoms with E-state index in [2.05, 4.69) is 19.4 Å². The highest BCUT2D eigenvalue weighted by Crippen LogP contribution is 2.26. The molecule has 1 aliphatic rings. The van der Waals surface area contributed by atoms with Gasteiger partial charge in [0, 0.05) is 6.04 Å². The van der Waals surface area contributed by atoms with Crippen molar-refractivity contribution >= 4 is 27.3 Å². The maximum absolute atomic E-state index is 12.8. The quantitative estimate of drug-likeness (QED) is 0.720. The lowest BCUT2D eigenvalue weighted by Gasteiger charge is -2.28. The largest absolute Gasteiger partial charge is 0.465 e. The standard InChI is InChI=1S/C16H18FN3O5S2/c1-24-15(21)14-13(6-7-26-14)27(22,23)20-11-2-4-12(5-3-11)25-16-18-8-10(17)9-19-16/h6-9,11-12,20H,2-5H2,1H3. The van der Waals surface area contributed by atoms with Gasteiger partial charge in [0.05, 0.1) is 19.5 Å². The Labute approximate surface area is 159 Å². The topological polar surface area (TPSA) is 107 Å². The van der Waals surface area contributed by atoms with Crippen molar-refractivity contribution in [3.63, 3.8) is 0 Å². The number of carbonyl (C=O) groups excluding carboxylic acids is 1. The molecule has 2 aromatic rings. The van der Waals surface area contributed by atoms with Crippen molar-refractivity contribution in [3.05, 3.63) is 34.5 Å². The number of nitrogens with one attached hydrogen (secondary N) is 1. The second-order valence-corrected chi connectivity index (χ2v) is 8.60. The maximum Gasteiger partial charge on any atom is 0.349 e. The average molecular weight is 415 g/mol. The Morgan fingerprint density at radius 2 is 1.93 bits per heavy atom. The molecule has 8 nitrogen and oxygen atoms in total. The molecular weight excluding hydrogens is 397 g/mol. The summed E-state index contributed by atoms with van der Waals surface area (Å²) in [6.45, 7) is 0. The lowest BCUT2D eigenvalue weighted by atomic mass is 9.94. The van der Waals surface area contributed by atoms with Gasteiger partial charge >= 0.3 is 12.0 Å². The summed E-state index contributed by atoms with van der Waals surface area (Å²) in [5.74, 6) is -1.22. The SMILES string of the molecule is COC(=O)c1sccc1S(=O)(=O)NC1CCC(Oc2ncc(F)cn2)CC1. The molecule has 0 saturated heterocycles. The highest BCUT2D eigenvalue weighted by molar-refractivity contribution is 7.89. The van der Waals surface area contributed by atoms with E-state index in [1.165, 1.54) is 18.6 Å². The van der Waals surface area contributed by atoms with Crippen LogP contribution in [-0.4, -0.2) is 43.6 Å². The van der Waals surface area contributed by atoms with Crippen molar-refractivity contribution in [1.82, 2.24) is 14.7 Å². The number of ether oxygens (including phenoxy) is 2. The van der Waals surface area contributed by atoms with Gasteiger partial charge in [0.15, 0.2) is 5.82 Å². The van der Waals surface area contributed by atoms with Gasteiger partial charge in [-0.05, 0) is 37.1 Å². The highest BCUT2D eigenvalue weighted by atomic mass is 32.2. The summed E-state index contributed by atoms with van der Waals surface area (Å²) in [6, 6.07) is 1.22. The van der Waals surface area contributed by atoms with Gasteiger partial charge in [-0.2, -0.15) is 0 Å². The first kappa shape index (κ1) is 19.6. The van der Waals surface area contributed by atoms with E-state index in [9.17, 15) is 17.6 Å². The Morgan fingerprint density at radius 1 is 1.26 bits per heavy atom. The molecule has 11 heteroatoms. The Kier molecular flexibility index (Phi) is 6.02. The first-order chi connectivity index (χ1) is 12.9. The third-order valence-electron chi connectivity index (χ3n) is 4.15. The Balaban J connectivity index is 1.58. The second-order valence-electron chi connectivity index (χ2n) is 6.00. The van der Waals surface area contributed by atoms with Gasteiger partial charge in [-0.1, -0.05) is 0 Å². The smallest absolute Gasteiger partial charge is 0.349 e. The van der Waals surface area contributed by atoms with Crippen molar-refractivity contribution in [1.29, 1.82) is 0 Å². The summed E-state index contributed by atoms with van der Waals surface area (Å²) in [6.07, 6.45) is 4.21. The number of hydrogen-bond acceptors (Lipinski definition) is 8. The molecule has 0 aromatic carbocycles. The summed E-state index contributed by atoms with van der Waals surface area (Å²) < 4.78 is 50.9. The number of sulfonamides is 1. The Hall–Kier alpha value is -2.11. The van der Waals surface area contributed by atoms with Crippen molar-refractivity contribution in [2.75, 3.05) is 7.11 Å². The predicted molar refractivity (Wildman–Crippen MR) is 94.6 cm³/mol. The van der Waals surface area contributed by atoms with Gasteiger partial charge in [0.25, 0.3) is 0 Å². The van der Waals surface area contributed by atoms with Crippen LogP contribution in [0.4, 0.5) is 4.39 Å². The van der Waals surface area contributed by atoms with Crippen LogP contribution in [0.5, 0.6) is 6.01 Å². The number of rotatable bonds is 6. The molecule has 1 aliphatic carbocycles. The molecular formula is C16H18FN3O5S2. The monoisotopic (exact) mass is 415 g/mol. The zero-order chi connectivity index (χ0) is 19.4. The Morgan fingerprint density at radius 3 is 2.56 bits per heavy atom. The van der Waals surface area contributed by atoms with E-state index in [1.54, 1.807) is 0 Å². The van der Waals surface area contributed by atoms with Crippen LogP contribution >= 0.6 is 11.3 Å². The van der Waals surface area contributed by atoms with Crippen molar-refractivity contribution in [2.24, 2.45) is 0 Å². The predicted octanol–water partition coefficient (Wildman–Crippen LogP) is 2.13. The van der Waals surface area contributed by atoms with Crippen LogP contribution in [0.1, 0.15) is 35.4 Å². The molecule has 0 aliphatic heterocycles. The molecule has 27 heavy (non-hydrogen) atoms. The van der Waals surface area contributed by atoms with Crippen LogP contribution in [-0.2, 0) is 14.8 Å². The number of aromatic nitrogens is 2. The number of nitrogens with zero attached hydrogens (tertiary/aromatic N) is 2. The summed E-state index contributed by atoms with van der Waals surface area (Å²) in [7, 11) is -2.62. The number of methoxy groups -OCH3 is 1. The van der Waals surface area contributed by atoms with Crippen LogP contribution in [0, 0.1) is 5.82 Å². The molecule has 1 fully saturated rings. The van der Waals surface area contributed by atoms with Gasteiger partial charge < -0.3 is 9.47 Å². The molecule has 0 spiro atoms.